The molecule has 1 aromatic heterocycles. The molecule has 2 aromatic carbocycles. The van der Waals surface area contributed by atoms with Gasteiger partial charge in [-0.05, 0) is 67.5 Å². The number of nitrogens with zero attached hydrogens (tertiary/aromatic N) is 2. The minimum atomic E-state index is -0.0668. The van der Waals surface area contributed by atoms with Gasteiger partial charge in [-0.2, -0.15) is 0 Å². The van der Waals surface area contributed by atoms with Crippen LogP contribution in [-0.4, -0.2) is 21.4 Å². The van der Waals surface area contributed by atoms with Gasteiger partial charge >= 0.3 is 0 Å². The van der Waals surface area contributed by atoms with Crippen molar-refractivity contribution in [2.45, 2.75) is 18.2 Å². The number of anilines is 1. The lowest BCUT2D eigenvalue weighted by Gasteiger charge is -2.08. The maximum atomic E-state index is 12.2. The molecule has 0 aliphatic heterocycles. The van der Waals surface area contributed by atoms with E-state index < -0.39 is 0 Å². The van der Waals surface area contributed by atoms with Crippen LogP contribution in [0.15, 0.2) is 46.8 Å². The Kier molecular flexibility index (Phi) is 6.13. The first-order valence-electron chi connectivity index (χ1n) is 7.78. The van der Waals surface area contributed by atoms with Crippen molar-refractivity contribution in [3.8, 4) is 5.69 Å². The third-order valence-corrected chi connectivity index (χ3v) is 6.21. The van der Waals surface area contributed by atoms with Gasteiger partial charge in [-0.3, -0.25) is 4.79 Å². The van der Waals surface area contributed by atoms with Gasteiger partial charge in [0.1, 0.15) is 0 Å². The standard InChI is InChI=1S/C18H16ClN3OS3/c1-11-3-4-12(2)15(9-11)20-16(23)10-25-17-21-22(18(24)26-17)14-7-5-13(19)6-8-14/h3-9H,10H2,1-2H3,(H,20,23). The van der Waals surface area contributed by atoms with Gasteiger partial charge in [0.2, 0.25) is 5.91 Å². The van der Waals surface area contributed by atoms with Gasteiger partial charge < -0.3 is 5.32 Å². The van der Waals surface area contributed by atoms with Crippen LogP contribution >= 0.6 is 46.9 Å². The minimum absolute atomic E-state index is 0.0668. The van der Waals surface area contributed by atoms with E-state index >= 15 is 0 Å². The Bertz CT molecular complexity index is 996. The highest BCUT2D eigenvalue weighted by Gasteiger charge is 2.10. The van der Waals surface area contributed by atoms with E-state index in [4.69, 9.17) is 23.8 Å². The third-order valence-electron chi connectivity index (χ3n) is 3.59. The summed E-state index contributed by atoms with van der Waals surface area (Å²) in [7, 11) is 0. The molecule has 1 amide bonds. The van der Waals surface area contributed by atoms with Crippen LogP contribution in [0.5, 0.6) is 0 Å². The lowest BCUT2D eigenvalue weighted by Crippen LogP contribution is -2.15. The normalized spacial score (nSPS) is 10.7. The fraction of sp³-hybridized carbons (Fsp3) is 0.167. The number of carbonyl (C=O) groups excluding carboxylic acids is 1. The number of benzene rings is 2. The summed E-state index contributed by atoms with van der Waals surface area (Å²) in [6, 6.07) is 13.3. The van der Waals surface area contributed by atoms with Crippen molar-refractivity contribution in [2.75, 3.05) is 11.1 Å². The summed E-state index contributed by atoms with van der Waals surface area (Å²) in [5.41, 5.74) is 3.84. The van der Waals surface area contributed by atoms with Crippen molar-refractivity contribution in [2.24, 2.45) is 0 Å². The molecule has 0 aliphatic carbocycles. The lowest BCUT2D eigenvalue weighted by atomic mass is 10.1. The lowest BCUT2D eigenvalue weighted by molar-refractivity contribution is -0.113. The highest BCUT2D eigenvalue weighted by molar-refractivity contribution is 8.01. The molecule has 8 heteroatoms. The molecule has 1 N–H and O–H groups in total. The molecule has 0 atom stereocenters. The molecule has 0 bridgehead atoms. The Labute approximate surface area is 170 Å². The van der Waals surface area contributed by atoms with E-state index in [-0.39, 0.29) is 11.7 Å². The summed E-state index contributed by atoms with van der Waals surface area (Å²) in [5, 5.41) is 8.10. The van der Waals surface area contributed by atoms with Gasteiger partial charge in [0.25, 0.3) is 0 Å². The molecule has 134 valence electrons. The van der Waals surface area contributed by atoms with Crippen LogP contribution < -0.4 is 5.32 Å². The second kappa shape index (κ2) is 8.35. The molecule has 3 rings (SSSR count). The van der Waals surface area contributed by atoms with Crippen LogP contribution in [0.1, 0.15) is 11.1 Å². The number of nitrogens with one attached hydrogen (secondary N) is 1. The zero-order valence-corrected chi connectivity index (χ0v) is 17.4. The van der Waals surface area contributed by atoms with Crippen molar-refractivity contribution in [1.29, 1.82) is 0 Å². The molecule has 0 saturated heterocycles. The quantitative estimate of drug-likeness (QED) is 0.426. The number of hydrogen-bond donors (Lipinski definition) is 1. The Balaban J connectivity index is 1.65. The number of halogens is 1. The highest BCUT2D eigenvalue weighted by atomic mass is 35.5. The Morgan fingerprint density at radius 3 is 2.73 bits per heavy atom. The number of thioether (sulfide) groups is 1. The summed E-state index contributed by atoms with van der Waals surface area (Å²) in [6.45, 7) is 3.97. The van der Waals surface area contributed by atoms with E-state index in [9.17, 15) is 4.79 Å². The highest BCUT2D eigenvalue weighted by Crippen LogP contribution is 2.25. The van der Waals surface area contributed by atoms with Crippen LogP contribution in [0.4, 0.5) is 5.69 Å². The number of aromatic nitrogens is 2. The summed E-state index contributed by atoms with van der Waals surface area (Å²) in [6.07, 6.45) is 0. The molecule has 0 fully saturated rings. The summed E-state index contributed by atoms with van der Waals surface area (Å²) in [4.78, 5) is 12.2. The molecule has 0 unspecified atom stereocenters. The topological polar surface area (TPSA) is 46.9 Å². The van der Waals surface area contributed by atoms with Crippen molar-refractivity contribution in [1.82, 2.24) is 9.78 Å². The second-order valence-corrected chi connectivity index (χ2v) is 8.96. The predicted octanol–water partition coefficient (Wildman–Crippen LogP) is 5.66. The summed E-state index contributed by atoms with van der Waals surface area (Å²) in [5.74, 6) is 0.207. The first-order chi connectivity index (χ1) is 12.4. The SMILES string of the molecule is Cc1ccc(C)c(NC(=O)CSc2nn(-c3ccc(Cl)cc3)c(=S)s2)c1. The van der Waals surface area contributed by atoms with E-state index in [0.717, 1.165) is 26.8 Å². The van der Waals surface area contributed by atoms with Crippen LogP contribution in [0.3, 0.4) is 0 Å². The average Bonchev–Trinajstić information content (AvgIpc) is 2.98. The first kappa shape index (κ1) is 19.1. The largest absolute Gasteiger partial charge is 0.325 e. The van der Waals surface area contributed by atoms with Gasteiger partial charge in [-0.1, -0.05) is 46.8 Å². The van der Waals surface area contributed by atoms with Gasteiger partial charge in [0.05, 0.1) is 11.4 Å². The monoisotopic (exact) mass is 421 g/mol. The van der Waals surface area contributed by atoms with Crippen LogP contribution in [0.25, 0.3) is 5.69 Å². The second-order valence-electron chi connectivity index (χ2n) is 5.68. The maximum absolute atomic E-state index is 12.2. The van der Waals surface area contributed by atoms with Crippen molar-refractivity contribution >= 4 is 58.5 Å². The fourth-order valence-corrected chi connectivity index (χ4v) is 4.54. The Morgan fingerprint density at radius 1 is 1.27 bits per heavy atom. The van der Waals surface area contributed by atoms with Crippen molar-refractivity contribution in [3.63, 3.8) is 0 Å². The predicted molar refractivity (Wildman–Crippen MR) is 113 cm³/mol. The fourth-order valence-electron chi connectivity index (χ4n) is 2.25. The zero-order valence-electron chi connectivity index (χ0n) is 14.2. The van der Waals surface area contributed by atoms with Crippen molar-refractivity contribution < 1.29 is 4.79 Å². The summed E-state index contributed by atoms with van der Waals surface area (Å²) >= 11 is 14.0. The van der Waals surface area contributed by atoms with Crippen LogP contribution in [0.2, 0.25) is 5.02 Å². The molecular weight excluding hydrogens is 406 g/mol. The molecule has 1 heterocycles. The third kappa shape index (κ3) is 4.73. The Hall–Kier alpha value is -1.67. The van der Waals surface area contributed by atoms with E-state index in [2.05, 4.69) is 10.4 Å². The number of amides is 1. The number of rotatable bonds is 5. The van der Waals surface area contributed by atoms with E-state index in [1.807, 2.05) is 44.2 Å². The summed E-state index contributed by atoms with van der Waals surface area (Å²) < 4.78 is 3.06. The number of aryl methyl sites for hydroxylation is 2. The molecule has 0 saturated carbocycles. The average molecular weight is 422 g/mol. The van der Waals surface area contributed by atoms with Gasteiger partial charge in [-0.15, -0.1) is 5.10 Å². The smallest absolute Gasteiger partial charge is 0.234 e. The molecule has 0 radical (unpaired) electrons. The van der Waals surface area contributed by atoms with Gasteiger partial charge in [-0.25, -0.2) is 4.68 Å². The van der Waals surface area contributed by atoms with E-state index in [1.54, 1.807) is 16.8 Å². The van der Waals surface area contributed by atoms with Gasteiger partial charge in [0.15, 0.2) is 8.29 Å². The molecular formula is C18H16ClN3OS3. The van der Waals surface area contributed by atoms with Crippen LogP contribution in [-0.2, 0) is 4.79 Å². The first-order valence-corrected chi connectivity index (χ1v) is 10.4. The number of carbonyl (C=O) groups is 1. The zero-order chi connectivity index (χ0) is 18.7. The molecule has 0 aliphatic rings. The van der Waals surface area contributed by atoms with Crippen LogP contribution in [0, 0.1) is 17.8 Å². The molecule has 4 nitrogen and oxygen atoms in total. The molecule has 0 spiro atoms. The maximum Gasteiger partial charge on any atom is 0.234 e. The van der Waals surface area contributed by atoms with Gasteiger partial charge in [0, 0.05) is 10.7 Å². The molecule has 3 aromatic rings. The van der Waals surface area contributed by atoms with E-state index in [0.29, 0.717) is 8.98 Å². The van der Waals surface area contributed by atoms with Crippen molar-refractivity contribution in [3.05, 3.63) is 62.6 Å². The molecule has 26 heavy (non-hydrogen) atoms. The van der Waals surface area contributed by atoms with E-state index in [1.165, 1.54) is 23.1 Å². The number of hydrogen-bond acceptors (Lipinski definition) is 5. The Morgan fingerprint density at radius 2 is 2.00 bits per heavy atom. The minimum Gasteiger partial charge on any atom is -0.325 e.